The van der Waals surface area contributed by atoms with Crippen molar-refractivity contribution >= 4 is 5.91 Å². The molecule has 1 aromatic rings. The van der Waals surface area contributed by atoms with Crippen LogP contribution in [0.1, 0.15) is 31.9 Å². The van der Waals surface area contributed by atoms with Crippen LogP contribution in [0.5, 0.6) is 0 Å². The van der Waals surface area contributed by atoms with Crippen molar-refractivity contribution < 1.29 is 9.21 Å². The minimum absolute atomic E-state index is 0.0787. The second-order valence-corrected chi connectivity index (χ2v) is 4.37. The van der Waals surface area contributed by atoms with Crippen molar-refractivity contribution in [2.75, 3.05) is 13.1 Å². The number of hydrogen-bond acceptors (Lipinski definition) is 4. The SMILES string of the molecule is CCc1cnc(CN(C(C)=O)[C@@H]2CCNC2)o1. The Morgan fingerprint density at radius 2 is 2.53 bits per heavy atom. The van der Waals surface area contributed by atoms with Gasteiger partial charge in [0.05, 0.1) is 12.7 Å². The maximum Gasteiger partial charge on any atom is 0.220 e. The summed E-state index contributed by atoms with van der Waals surface area (Å²) in [5.74, 6) is 1.58. The third kappa shape index (κ3) is 2.85. The molecule has 5 heteroatoms. The van der Waals surface area contributed by atoms with Crippen LogP contribution < -0.4 is 5.32 Å². The van der Waals surface area contributed by atoms with Gasteiger partial charge < -0.3 is 14.6 Å². The lowest BCUT2D eigenvalue weighted by molar-refractivity contribution is -0.131. The molecular formula is C12H19N3O2. The molecule has 94 valence electrons. The molecule has 1 fully saturated rings. The summed E-state index contributed by atoms with van der Waals surface area (Å²) in [5.41, 5.74) is 0. The van der Waals surface area contributed by atoms with E-state index in [1.165, 1.54) is 0 Å². The van der Waals surface area contributed by atoms with Crippen molar-refractivity contribution in [1.82, 2.24) is 15.2 Å². The van der Waals surface area contributed by atoms with Gasteiger partial charge in [0, 0.05) is 25.9 Å². The molecule has 1 atom stereocenters. The van der Waals surface area contributed by atoms with Crippen LogP contribution in [0.2, 0.25) is 0 Å². The predicted molar refractivity (Wildman–Crippen MR) is 63.4 cm³/mol. The largest absolute Gasteiger partial charge is 0.444 e. The number of rotatable bonds is 4. The maximum absolute atomic E-state index is 11.6. The Balaban J connectivity index is 2.04. The minimum Gasteiger partial charge on any atom is -0.444 e. The van der Waals surface area contributed by atoms with Crippen molar-refractivity contribution in [3.05, 3.63) is 17.8 Å². The number of oxazole rings is 1. The summed E-state index contributed by atoms with van der Waals surface area (Å²) < 4.78 is 5.55. The van der Waals surface area contributed by atoms with Crippen LogP contribution in [0.15, 0.2) is 10.6 Å². The normalized spacial score (nSPS) is 19.5. The van der Waals surface area contributed by atoms with Crippen molar-refractivity contribution in [3.8, 4) is 0 Å². The summed E-state index contributed by atoms with van der Waals surface area (Å²) in [6.45, 7) is 5.93. The van der Waals surface area contributed by atoms with Gasteiger partial charge in [-0.2, -0.15) is 0 Å². The van der Waals surface area contributed by atoms with Crippen LogP contribution in [-0.4, -0.2) is 34.9 Å². The van der Waals surface area contributed by atoms with E-state index in [4.69, 9.17) is 4.42 Å². The van der Waals surface area contributed by atoms with Gasteiger partial charge in [-0.3, -0.25) is 4.79 Å². The fourth-order valence-electron chi connectivity index (χ4n) is 2.13. The number of nitrogens with zero attached hydrogens (tertiary/aromatic N) is 2. The maximum atomic E-state index is 11.6. The molecule has 0 aliphatic carbocycles. The van der Waals surface area contributed by atoms with Gasteiger partial charge in [0.15, 0.2) is 0 Å². The molecule has 0 aromatic carbocycles. The first-order valence-electron chi connectivity index (χ1n) is 6.12. The molecule has 0 unspecified atom stereocenters. The number of aryl methyl sites for hydroxylation is 1. The Labute approximate surface area is 101 Å². The molecule has 0 spiro atoms. The monoisotopic (exact) mass is 237 g/mol. The van der Waals surface area contributed by atoms with Gasteiger partial charge in [-0.1, -0.05) is 6.92 Å². The first-order valence-corrected chi connectivity index (χ1v) is 6.12. The second-order valence-electron chi connectivity index (χ2n) is 4.37. The molecule has 0 bridgehead atoms. The van der Waals surface area contributed by atoms with E-state index in [9.17, 15) is 4.79 Å². The Hall–Kier alpha value is -1.36. The molecule has 0 radical (unpaired) electrons. The van der Waals surface area contributed by atoms with Gasteiger partial charge in [-0.05, 0) is 13.0 Å². The zero-order chi connectivity index (χ0) is 12.3. The summed E-state index contributed by atoms with van der Waals surface area (Å²) in [6.07, 6.45) is 3.57. The summed E-state index contributed by atoms with van der Waals surface area (Å²) in [5, 5.41) is 3.26. The van der Waals surface area contributed by atoms with E-state index in [0.29, 0.717) is 12.4 Å². The summed E-state index contributed by atoms with van der Waals surface area (Å²) in [6, 6.07) is 0.268. The fourth-order valence-corrected chi connectivity index (χ4v) is 2.13. The molecule has 1 aromatic heterocycles. The smallest absolute Gasteiger partial charge is 0.220 e. The standard InChI is InChI=1S/C12H19N3O2/c1-3-11-7-14-12(17-11)8-15(9(2)16)10-4-5-13-6-10/h7,10,13H,3-6,8H2,1-2H3/t10-/m1/s1. The van der Waals surface area contributed by atoms with E-state index in [-0.39, 0.29) is 11.9 Å². The number of amides is 1. The Morgan fingerprint density at radius 1 is 1.71 bits per heavy atom. The highest BCUT2D eigenvalue weighted by Crippen LogP contribution is 2.14. The van der Waals surface area contributed by atoms with Gasteiger partial charge in [0.2, 0.25) is 11.8 Å². The highest BCUT2D eigenvalue weighted by Gasteiger charge is 2.25. The summed E-state index contributed by atoms with van der Waals surface area (Å²) >= 11 is 0. The number of hydrogen-bond donors (Lipinski definition) is 1. The molecule has 2 rings (SSSR count). The Bertz CT molecular complexity index is 383. The molecule has 1 aliphatic heterocycles. The molecule has 1 N–H and O–H groups in total. The van der Waals surface area contributed by atoms with Crippen LogP contribution in [0.25, 0.3) is 0 Å². The fraction of sp³-hybridized carbons (Fsp3) is 0.667. The second kappa shape index (κ2) is 5.31. The predicted octanol–water partition coefficient (Wildman–Crippen LogP) is 0.947. The molecular weight excluding hydrogens is 218 g/mol. The van der Waals surface area contributed by atoms with E-state index < -0.39 is 0 Å². The zero-order valence-electron chi connectivity index (χ0n) is 10.4. The van der Waals surface area contributed by atoms with Crippen molar-refractivity contribution in [2.24, 2.45) is 0 Å². The molecule has 5 nitrogen and oxygen atoms in total. The van der Waals surface area contributed by atoms with Crippen molar-refractivity contribution in [3.63, 3.8) is 0 Å². The summed E-state index contributed by atoms with van der Waals surface area (Å²) in [4.78, 5) is 17.7. The average molecular weight is 237 g/mol. The topological polar surface area (TPSA) is 58.4 Å². The lowest BCUT2D eigenvalue weighted by Gasteiger charge is -2.25. The third-order valence-corrected chi connectivity index (χ3v) is 3.14. The van der Waals surface area contributed by atoms with E-state index in [0.717, 1.165) is 31.7 Å². The van der Waals surface area contributed by atoms with Crippen molar-refractivity contribution in [2.45, 2.75) is 39.3 Å². The van der Waals surface area contributed by atoms with Crippen LogP contribution in [-0.2, 0) is 17.8 Å². The molecule has 2 heterocycles. The first kappa shape index (κ1) is 12.1. The zero-order valence-corrected chi connectivity index (χ0v) is 10.4. The molecule has 0 saturated carbocycles. The number of nitrogens with one attached hydrogen (secondary N) is 1. The van der Waals surface area contributed by atoms with Crippen molar-refractivity contribution in [1.29, 1.82) is 0 Å². The molecule has 1 amide bonds. The Kier molecular flexibility index (Phi) is 3.78. The lowest BCUT2D eigenvalue weighted by Crippen LogP contribution is -2.39. The van der Waals surface area contributed by atoms with Gasteiger partial charge >= 0.3 is 0 Å². The minimum atomic E-state index is 0.0787. The van der Waals surface area contributed by atoms with E-state index in [1.807, 2.05) is 11.8 Å². The third-order valence-electron chi connectivity index (χ3n) is 3.14. The van der Waals surface area contributed by atoms with Crippen LogP contribution in [0.4, 0.5) is 0 Å². The first-order chi connectivity index (χ1) is 8.20. The van der Waals surface area contributed by atoms with E-state index in [2.05, 4.69) is 10.3 Å². The van der Waals surface area contributed by atoms with E-state index in [1.54, 1.807) is 13.1 Å². The molecule has 17 heavy (non-hydrogen) atoms. The van der Waals surface area contributed by atoms with Gasteiger partial charge in [-0.15, -0.1) is 0 Å². The molecule has 1 saturated heterocycles. The van der Waals surface area contributed by atoms with Crippen LogP contribution >= 0.6 is 0 Å². The number of aromatic nitrogens is 1. The van der Waals surface area contributed by atoms with Gasteiger partial charge in [-0.25, -0.2) is 4.98 Å². The number of carbonyl (C=O) groups is 1. The van der Waals surface area contributed by atoms with Gasteiger partial charge in [0.1, 0.15) is 5.76 Å². The quantitative estimate of drug-likeness (QED) is 0.847. The van der Waals surface area contributed by atoms with Crippen LogP contribution in [0, 0.1) is 0 Å². The number of carbonyl (C=O) groups excluding carboxylic acids is 1. The van der Waals surface area contributed by atoms with Gasteiger partial charge in [0.25, 0.3) is 0 Å². The summed E-state index contributed by atoms with van der Waals surface area (Å²) in [7, 11) is 0. The average Bonchev–Trinajstić information content (AvgIpc) is 2.96. The van der Waals surface area contributed by atoms with E-state index >= 15 is 0 Å². The highest BCUT2D eigenvalue weighted by molar-refractivity contribution is 5.73. The Morgan fingerprint density at radius 3 is 3.06 bits per heavy atom. The lowest BCUT2D eigenvalue weighted by atomic mass is 10.2. The molecule has 1 aliphatic rings. The highest BCUT2D eigenvalue weighted by atomic mass is 16.4. The van der Waals surface area contributed by atoms with Crippen LogP contribution in [0.3, 0.4) is 0 Å².